The molecular formula is C56H42N4. The van der Waals surface area contributed by atoms with Crippen molar-refractivity contribution in [3.63, 3.8) is 0 Å². The second kappa shape index (κ2) is 14.0. The number of rotatable bonds is 5. The molecule has 2 heterocycles. The Kier molecular flexibility index (Phi) is 8.57. The van der Waals surface area contributed by atoms with E-state index in [-0.39, 0.29) is 0 Å². The molecule has 0 aliphatic heterocycles. The first-order valence-electron chi connectivity index (χ1n) is 20.5. The summed E-state index contributed by atoms with van der Waals surface area (Å²) >= 11 is 0. The molecule has 0 aliphatic carbocycles. The van der Waals surface area contributed by atoms with Crippen molar-refractivity contribution in [3.8, 4) is 56.9 Å². The molecule has 60 heavy (non-hydrogen) atoms. The lowest BCUT2D eigenvalue weighted by molar-refractivity contribution is 1.12. The molecule has 0 amide bonds. The summed E-state index contributed by atoms with van der Waals surface area (Å²) in [5.74, 6) is 0. The van der Waals surface area contributed by atoms with Gasteiger partial charge in [-0.05, 0) is 152 Å². The van der Waals surface area contributed by atoms with Crippen molar-refractivity contribution < 1.29 is 0 Å². The summed E-state index contributed by atoms with van der Waals surface area (Å²) in [6.07, 6.45) is 0. The lowest BCUT2D eigenvalue weighted by Crippen LogP contribution is -2.05. The number of fused-ring (bicyclic) bond motifs is 6. The van der Waals surface area contributed by atoms with Crippen LogP contribution in [0, 0.1) is 64.2 Å². The van der Waals surface area contributed by atoms with Gasteiger partial charge in [-0.25, -0.2) is 0 Å². The van der Waals surface area contributed by atoms with E-state index in [0.717, 1.165) is 66.1 Å². The maximum Gasteiger partial charge on any atom is 0.104 e. The van der Waals surface area contributed by atoms with Gasteiger partial charge in [0.2, 0.25) is 0 Å². The number of aryl methyl sites for hydroxylation is 6. The number of nitrogens with zero attached hydrogens (tertiary/aromatic N) is 4. The van der Waals surface area contributed by atoms with Gasteiger partial charge < -0.3 is 9.13 Å². The first-order chi connectivity index (χ1) is 29.1. The van der Waals surface area contributed by atoms with Gasteiger partial charge in [0.25, 0.3) is 0 Å². The highest BCUT2D eigenvalue weighted by Gasteiger charge is 2.24. The van der Waals surface area contributed by atoms with Crippen molar-refractivity contribution in [1.82, 2.24) is 9.13 Å². The molecule has 286 valence electrons. The highest BCUT2D eigenvalue weighted by atomic mass is 15.0. The Balaban J connectivity index is 1.30. The number of para-hydroxylation sites is 2. The second-order valence-electron chi connectivity index (χ2n) is 16.4. The van der Waals surface area contributed by atoms with Crippen molar-refractivity contribution in [3.05, 3.63) is 190 Å². The highest BCUT2D eigenvalue weighted by molar-refractivity contribution is 6.12. The summed E-state index contributed by atoms with van der Waals surface area (Å²) in [5.41, 5.74) is 20.7. The molecule has 0 saturated heterocycles. The fourth-order valence-electron chi connectivity index (χ4n) is 10.1. The second-order valence-corrected chi connectivity index (χ2v) is 16.4. The number of hydrogen-bond donors (Lipinski definition) is 0. The predicted molar refractivity (Wildman–Crippen MR) is 249 cm³/mol. The zero-order valence-corrected chi connectivity index (χ0v) is 34.6. The summed E-state index contributed by atoms with van der Waals surface area (Å²) in [6.45, 7) is 13.0. The third-order valence-electron chi connectivity index (χ3n) is 12.3. The largest absolute Gasteiger partial charge is 0.308 e. The molecule has 0 bridgehead atoms. The van der Waals surface area contributed by atoms with Crippen molar-refractivity contribution in [2.24, 2.45) is 0 Å². The van der Waals surface area contributed by atoms with Crippen molar-refractivity contribution >= 4 is 43.6 Å². The molecule has 0 N–H and O–H groups in total. The van der Waals surface area contributed by atoms with Crippen LogP contribution in [0.4, 0.5) is 0 Å². The van der Waals surface area contributed by atoms with E-state index >= 15 is 0 Å². The molecule has 0 unspecified atom stereocenters. The van der Waals surface area contributed by atoms with E-state index in [0.29, 0.717) is 11.1 Å². The van der Waals surface area contributed by atoms with E-state index in [1.165, 1.54) is 55.6 Å². The maximum absolute atomic E-state index is 11.5. The Morgan fingerprint density at radius 2 is 0.800 bits per heavy atom. The average Bonchev–Trinajstić information content (AvgIpc) is 3.74. The minimum absolute atomic E-state index is 0.544. The molecule has 2 aromatic heterocycles. The smallest absolute Gasteiger partial charge is 0.104 e. The topological polar surface area (TPSA) is 57.4 Å². The Morgan fingerprint density at radius 3 is 1.25 bits per heavy atom. The standard InChI is InChI=1S/C56H42N4/c1-33-23-35(3)55(36(4)24-33)39-19-21-51-46(27-39)44-15-9-11-17-49(44)59(51)53-29-42(43-14-8-7-13-41(43)31-57)30-54(48(53)32-58)60-50-18-12-10-16-45(50)47-28-40(20-22-52(47)60)56-37(5)25-34(2)26-38(56)6/h7-30H,1-6H3. The quantitative estimate of drug-likeness (QED) is 0.175. The van der Waals surface area contributed by atoms with Gasteiger partial charge >= 0.3 is 0 Å². The number of aromatic nitrogens is 2. The summed E-state index contributed by atoms with van der Waals surface area (Å²) in [6, 6.07) is 56.5. The molecule has 10 rings (SSSR count). The Morgan fingerprint density at radius 1 is 0.383 bits per heavy atom. The number of hydrogen-bond acceptors (Lipinski definition) is 2. The molecule has 0 aliphatic rings. The van der Waals surface area contributed by atoms with Gasteiger partial charge in [0, 0.05) is 21.5 Å². The van der Waals surface area contributed by atoms with E-state index < -0.39 is 0 Å². The molecule has 0 saturated carbocycles. The minimum atomic E-state index is 0.544. The molecule has 0 spiro atoms. The third-order valence-corrected chi connectivity index (χ3v) is 12.3. The number of nitriles is 2. The van der Waals surface area contributed by atoms with Crippen LogP contribution in [-0.4, -0.2) is 9.13 Å². The molecule has 0 radical (unpaired) electrons. The highest BCUT2D eigenvalue weighted by Crippen LogP contribution is 2.43. The van der Waals surface area contributed by atoms with E-state index in [9.17, 15) is 10.5 Å². The van der Waals surface area contributed by atoms with Crippen LogP contribution < -0.4 is 0 Å². The van der Waals surface area contributed by atoms with Crippen molar-refractivity contribution in [2.75, 3.05) is 0 Å². The van der Waals surface area contributed by atoms with Crippen LogP contribution in [0.3, 0.4) is 0 Å². The van der Waals surface area contributed by atoms with Gasteiger partial charge in [-0.1, -0.05) is 102 Å². The fourth-order valence-corrected chi connectivity index (χ4v) is 10.1. The first-order valence-corrected chi connectivity index (χ1v) is 20.5. The summed E-state index contributed by atoms with van der Waals surface area (Å²) in [7, 11) is 0. The molecule has 0 fully saturated rings. The third kappa shape index (κ3) is 5.65. The molecular weight excluding hydrogens is 729 g/mol. The normalized spacial score (nSPS) is 11.5. The molecule has 4 heteroatoms. The molecule has 0 atom stereocenters. The fraction of sp³-hybridized carbons (Fsp3) is 0.107. The summed E-state index contributed by atoms with van der Waals surface area (Å²) < 4.78 is 4.50. The molecule has 10 aromatic rings. The van der Waals surface area contributed by atoms with Gasteiger partial charge in [0.05, 0.1) is 45.1 Å². The van der Waals surface area contributed by atoms with Crippen LogP contribution in [0.1, 0.15) is 44.5 Å². The van der Waals surface area contributed by atoms with E-state index in [2.05, 4.69) is 184 Å². The summed E-state index contributed by atoms with van der Waals surface area (Å²) in [4.78, 5) is 0. The van der Waals surface area contributed by atoms with Crippen LogP contribution >= 0.6 is 0 Å². The first kappa shape index (κ1) is 36.7. The van der Waals surface area contributed by atoms with Crippen LogP contribution in [0.5, 0.6) is 0 Å². The Hall–Kier alpha value is -7.66. The van der Waals surface area contributed by atoms with E-state index in [1.54, 1.807) is 0 Å². The van der Waals surface area contributed by atoms with Crippen molar-refractivity contribution in [2.45, 2.75) is 41.5 Å². The average molecular weight is 771 g/mol. The Labute approximate surface area is 350 Å². The molecule has 4 nitrogen and oxygen atoms in total. The monoisotopic (exact) mass is 770 g/mol. The number of benzene rings is 8. The van der Waals surface area contributed by atoms with Gasteiger partial charge in [-0.2, -0.15) is 10.5 Å². The minimum Gasteiger partial charge on any atom is -0.308 e. The van der Waals surface area contributed by atoms with Crippen LogP contribution in [0.25, 0.3) is 88.4 Å². The molecule has 8 aromatic carbocycles. The van der Waals surface area contributed by atoms with Crippen LogP contribution in [0.15, 0.2) is 146 Å². The van der Waals surface area contributed by atoms with Gasteiger partial charge in [0.15, 0.2) is 0 Å². The van der Waals surface area contributed by atoms with E-state index in [4.69, 9.17) is 0 Å². The van der Waals surface area contributed by atoms with Crippen LogP contribution in [-0.2, 0) is 0 Å². The van der Waals surface area contributed by atoms with Crippen molar-refractivity contribution in [1.29, 1.82) is 10.5 Å². The van der Waals surface area contributed by atoms with Gasteiger partial charge in [0.1, 0.15) is 11.6 Å². The SMILES string of the molecule is Cc1cc(C)c(-c2ccc3c(c2)c2ccccc2n3-c2cc(-c3ccccc3C#N)cc(-n3c4ccccc4c4cc(-c5c(C)cc(C)cc5C)ccc43)c2C#N)c(C)c1. The van der Waals surface area contributed by atoms with Crippen LogP contribution in [0.2, 0.25) is 0 Å². The zero-order chi connectivity index (χ0) is 41.4. The predicted octanol–water partition coefficient (Wildman–Crippen LogP) is 14.5. The lowest BCUT2D eigenvalue weighted by Gasteiger charge is -2.19. The van der Waals surface area contributed by atoms with Gasteiger partial charge in [-0.15, -0.1) is 0 Å². The Bertz CT molecular complexity index is 3280. The maximum atomic E-state index is 11.5. The summed E-state index contributed by atoms with van der Waals surface area (Å²) in [5, 5.41) is 26.3. The lowest BCUT2D eigenvalue weighted by atomic mass is 9.93. The van der Waals surface area contributed by atoms with Gasteiger partial charge in [-0.3, -0.25) is 0 Å². The van der Waals surface area contributed by atoms with E-state index in [1.807, 2.05) is 24.3 Å². The zero-order valence-electron chi connectivity index (χ0n) is 34.6.